The second kappa shape index (κ2) is 5.74. The zero-order valence-electron chi connectivity index (χ0n) is 7.17. The first-order valence-electron chi connectivity index (χ1n) is 3.66. The number of nitrogens with two attached hydrogens (primary N) is 2. The first-order chi connectivity index (χ1) is 5.20. The van der Waals surface area contributed by atoms with Crippen LogP contribution >= 0.6 is 0 Å². The molecule has 0 aliphatic rings. The van der Waals surface area contributed by atoms with Crippen LogP contribution in [0.5, 0.6) is 0 Å². The van der Waals surface area contributed by atoms with Gasteiger partial charge in [-0.15, -0.1) is 0 Å². The van der Waals surface area contributed by atoms with E-state index in [1.165, 1.54) is 0 Å². The molecule has 0 aromatic carbocycles. The normalized spacial score (nSPS) is 14.5. The zero-order chi connectivity index (χ0) is 8.69. The van der Waals surface area contributed by atoms with Gasteiger partial charge >= 0.3 is 0 Å². The van der Waals surface area contributed by atoms with Crippen molar-refractivity contribution < 1.29 is 0 Å². The molecule has 0 unspecified atom stereocenters. The lowest BCUT2D eigenvalue weighted by molar-refractivity contribution is 1.16. The molecule has 0 rings (SSSR count). The van der Waals surface area contributed by atoms with Crippen LogP contribution in [0.1, 0.15) is 13.8 Å². The van der Waals surface area contributed by atoms with Crippen molar-refractivity contribution in [3.05, 3.63) is 35.6 Å². The Balaban J connectivity index is 4.28. The standard InChI is InChI=1S/C9H16N2/c1-3-4-5-9(7-10)6-8(2)11/h3-6H,7,10-11H2,1-2H3/b4-3-,8-6+,9-5-. The Labute approximate surface area is 68.3 Å². The Morgan fingerprint density at radius 3 is 2.45 bits per heavy atom. The van der Waals surface area contributed by atoms with Crippen LogP contribution in [0.3, 0.4) is 0 Å². The third-order valence-corrected chi connectivity index (χ3v) is 1.15. The number of hydrogen-bond acceptors (Lipinski definition) is 2. The lowest BCUT2D eigenvalue weighted by Gasteiger charge is -1.95. The summed E-state index contributed by atoms with van der Waals surface area (Å²) in [7, 11) is 0. The molecule has 0 spiro atoms. The van der Waals surface area contributed by atoms with Crippen molar-refractivity contribution in [3.8, 4) is 0 Å². The molecule has 0 fully saturated rings. The van der Waals surface area contributed by atoms with Gasteiger partial charge in [0.1, 0.15) is 0 Å². The summed E-state index contributed by atoms with van der Waals surface area (Å²) in [4.78, 5) is 0. The monoisotopic (exact) mass is 152 g/mol. The smallest absolute Gasteiger partial charge is 0.0178 e. The fourth-order valence-electron chi connectivity index (χ4n) is 0.687. The predicted octanol–water partition coefficient (Wildman–Crippen LogP) is 1.31. The van der Waals surface area contributed by atoms with Crippen LogP contribution in [0.2, 0.25) is 0 Å². The molecule has 62 valence electrons. The lowest BCUT2D eigenvalue weighted by Crippen LogP contribution is -2.02. The molecule has 0 atom stereocenters. The summed E-state index contributed by atoms with van der Waals surface area (Å²) in [5.41, 5.74) is 12.8. The minimum atomic E-state index is 0.527. The van der Waals surface area contributed by atoms with E-state index in [-0.39, 0.29) is 0 Å². The molecule has 11 heavy (non-hydrogen) atoms. The highest BCUT2D eigenvalue weighted by Crippen LogP contribution is 1.96. The average Bonchev–Trinajstić information content (AvgIpc) is 1.97. The van der Waals surface area contributed by atoms with E-state index in [9.17, 15) is 0 Å². The maximum atomic E-state index is 5.48. The van der Waals surface area contributed by atoms with E-state index >= 15 is 0 Å². The molecule has 0 bridgehead atoms. The van der Waals surface area contributed by atoms with Crippen LogP contribution in [-0.2, 0) is 0 Å². The maximum absolute atomic E-state index is 5.48. The topological polar surface area (TPSA) is 52.0 Å². The van der Waals surface area contributed by atoms with Crippen LogP contribution in [0.25, 0.3) is 0 Å². The highest BCUT2D eigenvalue weighted by Gasteiger charge is 1.86. The minimum absolute atomic E-state index is 0.527. The second-order valence-corrected chi connectivity index (χ2v) is 2.36. The van der Waals surface area contributed by atoms with E-state index < -0.39 is 0 Å². The molecule has 0 saturated heterocycles. The summed E-state index contributed by atoms with van der Waals surface area (Å²) in [6, 6.07) is 0. The summed E-state index contributed by atoms with van der Waals surface area (Å²) < 4.78 is 0. The van der Waals surface area contributed by atoms with E-state index in [2.05, 4.69) is 0 Å². The molecule has 4 N–H and O–H groups in total. The van der Waals surface area contributed by atoms with E-state index in [0.29, 0.717) is 6.54 Å². The quantitative estimate of drug-likeness (QED) is 0.599. The van der Waals surface area contributed by atoms with Gasteiger partial charge in [0.05, 0.1) is 0 Å². The van der Waals surface area contributed by atoms with Gasteiger partial charge in [0, 0.05) is 12.2 Å². The van der Waals surface area contributed by atoms with Crippen molar-refractivity contribution >= 4 is 0 Å². The molecule has 0 aromatic rings. The van der Waals surface area contributed by atoms with Crippen LogP contribution in [0, 0.1) is 0 Å². The van der Waals surface area contributed by atoms with Gasteiger partial charge in [-0.3, -0.25) is 0 Å². The van der Waals surface area contributed by atoms with Crippen molar-refractivity contribution in [1.82, 2.24) is 0 Å². The van der Waals surface area contributed by atoms with E-state index in [4.69, 9.17) is 11.5 Å². The molecular formula is C9H16N2. The molecule has 0 radical (unpaired) electrons. The molecule has 0 saturated carbocycles. The van der Waals surface area contributed by atoms with Crippen molar-refractivity contribution in [1.29, 1.82) is 0 Å². The predicted molar refractivity (Wildman–Crippen MR) is 49.9 cm³/mol. The molecule has 0 aliphatic carbocycles. The van der Waals surface area contributed by atoms with Gasteiger partial charge in [0.2, 0.25) is 0 Å². The molecule has 2 nitrogen and oxygen atoms in total. The van der Waals surface area contributed by atoms with Gasteiger partial charge in [0.25, 0.3) is 0 Å². The van der Waals surface area contributed by atoms with Crippen LogP contribution < -0.4 is 11.5 Å². The van der Waals surface area contributed by atoms with E-state index in [1.807, 2.05) is 38.2 Å². The summed E-state index contributed by atoms with van der Waals surface area (Å²) in [5, 5.41) is 0. The molecule has 0 amide bonds. The Hall–Kier alpha value is -1.02. The second-order valence-electron chi connectivity index (χ2n) is 2.36. The Kier molecular flexibility index (Phi) is 5.21. The van der Waals surface area contributed by atoms with Crippen LogP contribution in [0.4, 0.5) is 0 Å². The highest BCUT2D eigenvalue weighted by atomic mass is 14.6. The number of allylic oxidation sites excluding steroid dienone is 4. The van der Waals surface area contributed by atoms with Gasteiger partial charge in [-0.2, -0.15) is 0 Å². The summed E-state index contributed by atoms with van der Waals surface area (Å²) in [6.45, 7) is 4.34. The van der Waals surface area contributed by atoms with Gasteiger partial charge in [-0.25, -0.2) is 0 Å². The zero-order valence-corrected chi connectivity index (χ0v) is 7.17. The third kappa shape index (κ3) is 5.43. The number of hydrogen-bond donors (Lipinski definition) is 2. The van der Waals surface area contributed by atoms with Crippen molar-refractivity contribution in [2.75, 3.05) is 6.54 Å². The first-order valence-corrected chi connectivity index (χ1v) is 3.66. The van der Waals surface area contributed by atoms with Crippen molar-refractivity contribution in [2.24, 2.45) is 11.5 Å². The van der Waals surface area contributed by atoms with Crippen molar-refractivity contribution in [2.45, 2.75) is 13.8 Å². The van der Waals surface area contributed by atoms with Crippen LogP contribution in [0.15, 0.2) is 35.6 Å². The fraction of sp³-hybridized carbons (Fsp3) is 0.333. The summed E-state index contributed by atoms with van der Waals surface area (Å²) in [6.07, 6.45) is 7.73. The van der Waals surface area contributed by atoms with E-state index in [1.54, 1.807) is 0 Å². The minimum Gasteiger partial charge on any atom is -0.402 e. The fourth-order valence-corrected chi connectivity index (χ4v) is 0.687. The lowest BCUT2D eigenvalue weighted by atomic mass is 10.2. The Morgan fingerprint density at radius 1 is 1.45 bits per heavy atom. The summed E-state index contributed by atoms with van der Waals surface area (Å²) >= 11 is 0. The molecule has 0 aliphatic heterocycles. The SMILES string of the molecule is C\C=C/C=C(/C=C(\C)N)CN. The van der Waals surface area contributed by atoms with E-state index in [0.717, 1.165) is 11.3 Å². The van der Waals surface area contributed by atoms with Gasteiger partial charge < -0.3 is 11.5 Å². The first kappa shape index (κ1) is 9.98. The largest absolute Gasteiger partial charge is 0.402 e. The Morgan fingerprint density at radius 2 is 2.09 bits per heavy atom. The third-order valence-electron chi connectivity index (χ3n) is 1.15. The van der Waals surface area contributed by atoms with Gasteiger partial charge in [-0.1, -0.05) is 18.2 Å². The van der Waals surface area contributed by atoms with Crippen LogP contribution in [-0.4, -0.2) is 6.54 Å². The molecule has 0 heterocycles. The molecular weight excluding hydrogens is 136 g/mol. The maximum Gasteiger partial charge on any atom is 0.0178 e. The van der Waals surface area contributed by atoms with Gasteiger partial charge in [0.15, 0.2) is 0 Å². The number of rotatable bonds is 3. The van der Waals surface area contributed by atoms with Gasteiger partial charge in [-0.05, 0) is 25.5 Å². The van der Waals surface area contributed by atoms with Crippen molar-refractivity contribution in [3.63, 3.8) is 0 Å². The average molecular weight is 152 g/mol. The Bertz CT molecular complexity index is 184. The molecule has 2 heteroatoms. The highest BCUT2D eigenvalue weighted by molar-refractivity contribution is 5.26. The molecule has 0 aromatic heterocycles. The summed E-state index contributed by atoms with van der Waals surface area (Å²) in [5.74, 6) is 0.